The third-order valence-electron chi connectivity index (χ3n) is 5.87. The Labute approximate surface area is 214 Å². The number of thiazole rings is 1. The molecule has 0 radical (unpaired) electrons. The maximum absolute atomic E-state index is 13.9. The molecule has 0 amide bonds. The van der Waals surface area contributed by atoms with Crippen molar-refractivity contribution in [3.8, 4) is 0 Å². The summed E-state index contributed by atoms with van der Waals surface area (Å²) in [6.07, 6.45) is 4.24. The highest BCUT2D eigenvalue weighted by Crippen LogP contribution is 2.48. The van der Waals surface area contributed by atoms with E-state index in [-0.39, 0.29) is 17.2 Å². The lowest BCUT2D eigenvalue weighted by molar-refractivity contribution is -0.143. The Morgan fingerprint density at radius 2 is 2.25 bits per heavy atom. The average molecular weight is 538 g/mol. The van der Waals surface area contributed by atoms with Crippen LogP contribution in [0.4, 0.5) is 13.2 Å². The summed E-state index contributed by atoms with van der Waals surface area (Å²) < 4.78 is 45.2. The van der Waals surface area contributed by atoms with Gasteiger partial charge in [0, 0.05) is 64.7 Å². The van der Waals surface area contributed by atoms with E-state index >= 15 is 0 Å². The van der Waals surface area contributed by atoms with Crippen LogP contribution < -0.4 is 5.73 Å². The van der Waals surface area contributed by atoms with Gasteiger partial charge in [-0.15, -0.1) is 11.3 Å². The Kier molecular flexibility index (Phi) is 7.51. The summed E-state index contributed by atoms with van der Waals surface area (Å²) in [7, 11) is 0. The minimum atomic E-state index is -2.94. The molecular formula is C24H23ClF3N5O2S. The molecule has 2 aliphatic rings. The molecule has 1 saturated heterocycles. The van der Waals surface area contributed by atoms with E-state index in [9.17, 15) is 18.0 Å². The van der Waals surface area contributed by atoms with Gasteiger partial charge in [-0.2, -0.15) is 8.78 Å². The molecule has 1 fully saturated rings. The zero-order valence-electron chi connectivity index (χ0n) is 19.4. The topological polar surface area (TPSA) is 93.2 Å². The second-order valence-electron chi connectivity index (χ2n) is 8.75. The van der Waals surface area contributed by atoms with Crippen LogP contribution in [0.3, 0.4) is 0 Å². The number of nitrogens with zero attached hydrogens (tertiary/aromatic N) is 4. The maximum Gasteiger partial charge on any atom is 0.331 e. The molecule has 12 heteroatoms. The molecule has 190 valence electrons. The van der Waals surface area contributed by atoms with Gasteiger partial charge in [-0.1, -0.05) is 24.6 Å². The Morgan fingerprint density at radius 1 is 1.47 bits per heavy atom. The largest absolute Gasteiger partial charge is 0.465 e. The number of ether oxygens (including phenoxy) is 1. The second-order valence-corrected chi connectivity index (χ2v) is 10.1. The Balaban J connectivity index is 1.94. The summed E-state index contributed by atoms with van der Waals surface area (Å²) in [5.41, 5.74) is 7.29. The maximum atomic E-state index is 13.9. The van der Waals surface area contributed by atoms with Crippen molar-refractivity contribution < 1.29 is 22.7 Å². The number of nitrogens with two attached hydrogens (primary N) is 1. The number of esters is 1. The molecule has 2 aliphatic heterocycles. The number of allylic oxidation sites excluding steroid dienone is 1. The van der Waals surface area contributed by atoms with Gasteiger partial charge in [-0.3, -0.25) is 9.79 Å². The van der Waals surface area contributed by atoms with Gasteiger partial charge in [0.05, 0.1) is 6.61 Å². The number of carbonyl (C=O) groups is 1. The first-order chi connectivity index (χ1) is 17.1. The second kappa shape index (κ2) is 10.4. The van der Waals surface area contributed by atoms with Gasteiger partial charge in [0.2, 0.25) is 0 Å². The number of alkyl halides is 2. The van der Waals surface area contributed by atoms with E-state index in [0.717, 1.165) is 11.9 Å². The summed E-state index contributed by atoms with van der Waals surface area (Å²) in [5.74, 6) is -0.391. The van der Waals surface area contributed by atoms with Crippen LogP contribution in [0.2, 0.25) is 5.02 Å². The predicted molar refractivity (Wildman–Crippen MR) is 133 cm³/mol. The van der Waals surface area contributed by atoms with Crippen LogP contribution in [0.5, 0.6) is 0 Å². The van der Waals surface area contributed by atoms with Crippen LogP contribution in [0.25, 0.3) is 0 Å². The number of rotatable bonds is 7. The Morgan fingerprint density at radius 3 is 2.86 bits per heavy atom. The fourth-order valence-corrected chi connectivity index (χ4v) is 5.29. The van der Waals surface area contributed by atoms with E-state index < -0.39 is 29.8 Å². The summed E-state index contributed by atoms with van der Waals surface area (Å²) in [6, 6.07) is 3.13. The molecule has 2 N–H and O–H groups in total. The van der Waals surface area contributed by atoms with Crippen molar-refractivity contribution in [2.24, 2.45) is 21.1 Å². The third-order valence-corrected chi connectivity index (χ3v) is 6.97. The highest BCUT2D eigenvalue weighted by atomic mass is 35.5. The van der Waals surface area contributed by atoms with Crippen molar-refractivity contribution in [1.29, 1.82) is 0 Å². The van der Waals surface area contributed by atoms with Gasteiger partial charge in [0.15, 0.2) is 10.8 Å². The molecule has 2 aromatic rings. The fourth-order valence-electron chi connectivity index (χ4n) is 4.38. The fraction of sp³-hybridized carbons (Fsp3) is 0.333. The monoisotopic (exact) mass is 537 g/mol. The van der Waals surface area contributed by atoms with Crippen molar-refractivity contribution in [2.45, 2.75) is 32.9 Å². The highest BCUT2D eigenvalue weighted by Gasteiger charge is 2.46. The molecule has 0 saturated carbocycles. The lowest BCUT2D eigenvalue weighted by Crippen LogP contribution is -2.36. The van der Waals surface area contributed by atoms with Crippen molar-refractivity contribution in [3.05, 3.63) is 74.2 Å². The molecule has 36 heavy (non-hydrogen) atoms. The van der Waals surface area contributed by atoms with Crippen molar-refractivity contribution >= 4 is 41.0 Å². The first kappa shape index (κ1) is 25.9. The van der Waals surface area contributed by atoms with Crippen LogP contribution in [-0.4, -0.2) is 47.6 Å². The zero-order valence-corrected chi connectivity index (χ0v) is 21.0. The van der Waals surface area contributed by atoms with E-state index in [4.69, 9.17) is 27.1 Å². The summed E-state index contributed by atoms with van der Waals surface area (Å²) in [4.78, 5) is 26.1. The lowest BCUT2D eigenvalue weighted by Gasteiger charge is -2.33. The normalized spacial score (nSPS) is 22.4. The van der Waals surface area contributed by atoms with Gasteiger partial charge >= 0.3 is 12.5 Å². The summed E-state index contributed by atoms with van der Waals surface area (Å²) >= 11 is 7.82. The third kappa shape index (κ3) is 5.31. The van der Waals surface area contributed by atoms with Crippen LogP contribution in [0, 0.1) is 11.2 Å². The van der Waals surface area contributed by atoms with Crippen molar-refractivity contribution in [2.75, 3.05) is 13.2 Å². The number of amidine groups is 1. The number of aliphatic imine (C=N–C) groups is 2. The quantitative estimate of drug-likeness (QED) is 0.301. The minimum absolute atomic E-state index is 0.122. The van der Waals surface area contributed by atoms with E-state index in [1.165, 1.54) is 42.7 Å². The minimum Gasteiger partial charge on any atom is -0.465 e. The molecule has 3 heterocycles. The van der Waals surface area contributed by atoms with Gasteiger partial charge in [-0.25, -0.2) is 14.4 Å². The molecule has 1 aromatic heterocycles. The van der Waals surface area contributed by atoms with E-state index in [2.05, 4.69) is 9.98 Å². The first-order valence-corrected chi connectivity index (χ1v) is 12.2. The van der Waals surface area contributed by atoms with Crippen LogP contribution in [0.1, 0.15) is 36.9 Å². The molecule has 0 bridgehead atoms. The standard InChI is InChI=1S/C24H23ClF3N5O2S/c1-13(34)35-12-24(2)8-18-19(14(9-29)10-31-23(27)28)20(16-4-3-15(26)7-17(16)25)32-21(33(18)11-24)22-30-5-6-36-22/h3-7,9-10,20,23H,8,11-12,29H2,1-2H3/t20-,24+/m0/s1. The number of benzene rings is 1. The van der Waals surface area contributed by atoms with E-state index in [0.29, 0.717) is 34.9 Å². The van der Waals surface area contributed by atoms with Gasteiger partial charge in [0.25, 0.3) is 0 Å². The molecule has 2 atom stereocenters. The first-order valence-electron chi connectivity index (χ1n) is 10.9. The zero-order chi connectivity index (χ0) is 26.0. The van der Waals surface area contributed by atoms with Crippen LogP contribution >= 0.6 is 22.9 Å². The molecule has 4 rings (SSSR count). The molecule has 0 spiro atoms. The number of aromatic nitrogens is 1. The predicted octanol–water partition coefficient (Wildman–Crippen LogP) is 5.10. The highest BCUT2D eigenvalue weighted by molar-refractivity contribution is 7.11. The number of hydrogen-bond donors (Lipinski definition) is 1. The average Bonchev–Trinajstić information content (AvgIpc) is 3.46. The van der Waals surface area contributed by atoms with Gasteiger partial charge < -0.3 is 15.4 Å². The number of carbonyl (C=O) groups excluding carboxylic acids is 1. The van der Waals surface area contributed by atoms with Crippen LogP contribution in [0.15, 0.2) is 62.8 Å². The SMILES string of the molecule is CC(=O)OC[C@]1(C)CC2=C(C(C=NC(F)F)=CN)[C@H](c3ccc(F)cc3Cl)N=C(c3nccs3)N2C1. The smallest absolute Gasteiger partial charge is 0.331 e. The van der Waals surface area contributed by atoms with Gasteiger partial charge in [0.1, 0.15) is 11.9 Å². The molecule has 0 aliphatic carbocycles. The van der Waals surface area contributed by atoms with Crippen LogP contribution in [-0.2, 0) is 9.53 Å². The van der Waals surface area contributed by atoms with Gasteiger partial charge in [-0.05, 0) is 24.1 Å². The number of halogens is 4. The van der Waals surface area contributed by atoms with Crippen molar-refractivity contribution in [1.82, 2.24) is 9.88 Å². The Hall–Kier alpha value is -3.18. The number of hydrogen-bond acceptors (Lipinski definition) is 8. The summed E-state index contributed by atoms with van der Waals surface area (Å²) in [5, 5.41) is 2.56. The van der Waals surface area contributed by atoms with E-state index in [1.807, 2.05) is 17.2 Å². The summed E-state index contributed by atoms with van der Waals surface area (Å²) in [6.45, 7) is 0.907. The molecule has 7 nitrogen and oxygen atoms in total. The van der Waals surface area contributed by atoms with Crippen molar-refractivity contribution in [3.63, 3.8) is 0 Å². The lowest BCUT2D eigenvalue weighted by atomic mass is 9.85. The van der Waals surface area contributed by atoms with E-state index in [1.54, 1.807) is 6.20 Å². The molecular weight excluding hydrogens is 515 g/mol. The number of fused-ring (bicyclic) bond motifs is 1. The molecule has 1 aromatic carbocycles. The Bertz CT molecular complexity index is 1280. The molecule has 0 unspecified atom stereocenters.